The highest BCUT2D eigenvalue weighted by Crippen LogP contribution is 2.11. The smallest absolute Gasteiger partial charge is 0.212 e. The van der Waals surface area contributed by atoms with Crippen LogP contribution < -0.4 is 4.72 Å². The van der Waals surface area contributed by atoms with Gasteiger partial charge in [0.05, 0.1) is 23.4 Å². The Hall–Kier alpha value is -1.82. The number of sulfonamides is 1. The molecule has 0 spiro atoms. The molecule has 0 amide bonds. The van der Waals surface area contributed by atoms with E-state index in [1.54, 1.807) is 31.2 Å². The standard InChI is InChI=1S/C13H14N2O2S/c1-3-13(4-2)15-18(16,17)10-12-8-6-5-7-11(12)9-14/h1,5-8,13,15H,4,10H2,2H3. The molecule has 0 heterocycles. The van der Waals surface area contributed by atoms with Crippen LogP contribution in [-0.2, 0) is 15.8 Å². The van der Waals surface area contributed by atoms with Crippen LogP contribution in [0, 0.1) is 23.7 Å². The van der Waals surface area contributed by atoms with E-state index in [2.05, 4.69) is 10.6 Å². The second-order valence-corrected chi connectivity index (χ2v) is 5.53. The molecule has 5 heteroatoms. The number of terminal acetylenes is 1. The largest absolute Gasteiger partial charge is 0.216 e. The van der Waals surface area contributed by atoms with E-state index in [9.17, 15) is 8.42 Å². The zero-order valence-corrected chi connectivity index (χ0v) is 10.9. The second-order valence-electron chi connectivity index (χ2n) is 3.77. The van der Waals surface area contributed by atoms with E-state index in [-0.39, 0.29) is 5.75 Å². The number of nitrogens with one attached hydrogen (secondary N) is 1. The molecular weight excluding hydrogens is 248 g/mol. The Morgan fingerprint density at radius 3 is 2.67 bits per heavy atom. The van der Waals surface area contributed by atoms with E-state index in [1.165, 1.54) is 0 Å². The molecule has 94 valence electrons. The van der Waals surface area contributed by atoms with Crippen molar-refractivity contribution in [2.45, 2.75) is 25.1 Å². The zero-order chi connectivity index (χ0) is 13.6. The van der Waals surface area contributed by atoms with E-state index in [1.807, 2.05) is 6.07 Å². The number of rotatable bonds is 5. The third kappa shape index (κ3) is 3.89. The summed E-state index contributed by atoms with van der Waals surface area (Å²) in [5, 5.41) is 8.89. The maximum Gasteiger partial charge on any atom is 0.216 e. The normalized spacial score (nSPS) is 12.4. The van der Waals surface area contributed by atoms with Crippen LogP contribution in [-0.4, -0.2) is 14.5 Å². The first-order valence-corrected chi connectivity index (χ1v) is 7.11. The van der Waals surface area contributed by atoms with Gasteiger partial charge in [0.2, 0.25) is 10.0 Å². The number of nitrogens with zero attached hydrogens (tertiary/aromatic N) is 1. The van der Waals surface area contributed by atoms with Gasteiger partial charge in [-0.1, -0.05) is 31.0 Å². The third-order valence-electron chi connectivity index (χ3n) is 2.41. The Kier molecular flexibility index (Phi) is 4.91. The monoisotopic (exact) mass is 262 g/mol. The summed E-state index contributed by atoms with van der Waals surface area (Å²) < 4.78 is 26.2. The first kappa shape index (κ1) is 14.2. The average Bonchev–Trinajstić information content (AvgIpc) is 2.36. The zero-order valence-electron chi connectivity index (χ0n) is 10.1. The Bertz CT molecular complexity index is 594. The van der Waals surface area contributed by atoms with Crippen LogP contribution in [0.1, 0.15) is 24.5 Å². The molecular formula is C13H14N2O2S. The van der Waals surface area contributed by atoms with E-state index < -0.39 is 16.1 Å². The van der Waals surface area contributed by atoms with Crippen LogP contribution in [0.25, 0.3) is 0 Å². The van der Waals surface area contributed by atoms with Crippen LogP contribution in [0.3, 0.4) is 0 Å². The highest BCUT2D eigenvalue weighted by molar-refractivity contribution is 7.88. The quantitative estimate of drug-likeness (QED) is 0.815. The van der Waals surface area contributed by atoms with E-state index in [4.69, 9.17) is 11.7 Å². The summed E-state index contributed by atoms with van der Waals surface area (Å²) >= 11 is 0. The minimum Gasteiger partial charge on any atom is -0.212 e. The van der Waals surface area contributed by atoms with Crippen molar-refractivity contribution in [1.29, 1.82) is 5.26 Å². The Labute approximate surface area is 108 Å². The second kappa shape index (κ2) is 6.20. The molecule has 1 rings (SSSR count). The van der Waals surface area contributed by atoms with Gasteiger partial charge >= 0.3 is 0 Å². The number of nitriles is 1. The number of benzene rings is 1. The first-order chi connectivity index (χ1) is 8.52. The lowest BCUT2D eigenvalue weighted by Crippen LogP contribution is -2.34. The van der Waals surface area contributed by atoms with Crippen LogP contribution in [0.5, 0.6) is 0 Å². The van der Waals surface area contributed by atoms with E-state index >= 15 is 0 Å². The van der Waals surface area contributed by atoms with Gasteiger partial charge < -0.3 is 0 Å². The fraction of sp³-hybridized carbons (Fsp3) is 0.308. The van der Waals surface area contributed by atoms with Gasteiger partial charge in [-0.05, 0) is 18.1 Å². The van der Waals surface area contributed by atoms with Gasteiger partial charge in [0.15, 0.2) is 0 Å². The molecule has 1 N–H and O–H groups in total. The van der Waals surface area contributed by atoms with Gasteiger partial charge in [0.25, 0.3) is 0 Å². The summed E-state index contributed by atoms with van der Waals surface area (Å²) in [4.78, 5) is 0. The van der Waals surface area contributed by atoms with Crippen molar-refractivity contribution in [2.75, 3.05) is 0 Å². The van der Waals surface area contributed by atoms with Crippen molar-refractivity contribution in [3.8, 4) is 18.4 Å². The minimum absolute atomic E-state index is 0.241. The molecule has 1 unspecified atom stereocenters. The van der Waals surface area contributed by atoms with Gasteiger partial charge in [0, 0.05) is 0 Å². The maximum atomic E-state index is 11.9. The van der Waals surface area contributed by atoms with Crippen molar-refractivity contribution < 1.29 is 8.42 Å². The number of hydrogen-bond acceptors (Lipinski definition) is 3. The summed E-state index contributed by atoms with van der Waals surface area (Å²) in [6, 6.07) is 8.05. The van der Waals surface area contributed by atoms with Crippen LogP contribution >= 0.6 is 0 Å². The average molecular weight is 262 g/mol. The molecule has 0 saturated heterocycles. The van der Waals surface area contributed by atoms with Gasteiger partial charge in [-0.2, -0.15) is 5.26 Å². The predicted octanol–water partition coefficient (Wildman–Crippen LogP) is 1.39. The molecule has 0 aliphatic heterocycles. The Morgan fingerprint density at radius 2 is 2.11 bits per heavy atom. The molecule has 1 aromatic rings. The topological polar surface area (TPSA) is 70.0 Å². The molecule has 1 atom stereocenters. The maximum absolute atomic E-state index is 11.9. The third-order valence-corrected chi connectivity index (χ3v) is 3.75. The summed E-state index contributed by atoms with van der Waals surface area (Å²) in [6.45, 7) is 1.80. The molecule has 0 fully saturated rings. The molecule has 18 heavy (non-hydrogen) atoms. The fourth-order valence-electron chi connectivity index (χ4n) is 1.45. The SMILES string of the molecule is C#CC(CC)NS(=O)(=O)Cc1ccccc1C#N. The molecule has 0 saturated carbocycles. The Morgan fingerprint density at radius 1 is 1.44 bits per heavy atom. The van der Waals surface area contributed by atoms with Crippen LogP contribution in [0.15, 0.2) is 24.3 Å². The first-order valence-electron chi connectivity index (χ1n) is 5.46. The summed E-state index contributed by atoms with van der Waals surface area (Å²) in [5.74, 6) is 2.13. The van der Waals surface area contributed by atoms with Crippen molar-refractivity contribution in [3.05, 3.63) is 35.4 Å². The number of hydrogen-bond donors (Lipinski definition) is 1. The summed E-state index contributed by atoms with van der Waals surface area (Å²) in [6.07, 6.45) is 5.73. The lowest BCUT2D eigenvalue weighted by atomic mass is 10.1. The molecule has 0 aliphatic carbocycles. The summed E-state index contributed by atoms with van der Waals surface area (Å²) in [5.41, 5.74) is 0.830. The highest BCUT2D eigenvalue weighted by atomic mass is 32.2. The van der Waals surface area contributed by atoms with Crippen LogP contribution in [0.4, 0.5) is 0 Å². The summed E-state index contributed by atoms with van der Waals surface area (Å²) in [7, 11) is -3.53. The van der Waals surface area contributed by atoms with Crippen molar-refractivity contribution >= 4 is 10.0 Å². The lowest BCUT2D eigenvalue weighted by Gasteiger charge is -2.11. The van der Waals surface area contributed by atoms with E-state index in [0.717, 1.165) is 0 Å². The molecule has 0 bridgehead atoms. The molecule has 4 nitrogen and oxygen atoms in total. The van der Waals surface area contributed by atoms with Gasteiger partial charge in [-0.15, -0.1) is 6.42 Å². The predicted molar refractivity (Wildman–Crippen MR) is 69.8 cm³/mol. The molecule has 0 radical (unpaired) electrons. The van der Waals surface area contributed by atoms with Crippen molar-refractivity contribution in [2.24, 2.45) is 0 Å². The fourth-order valence-corrected chi connectivity index (χ4v) is 2.87. The van der Waals surface area contributed by atoms with Gasteiger partial charge in [-0.3, -0.25) is 0 Å². The van der Waals surface area contributed by atoms with Crippen molar-refractivity contribution in [1.82, 2.24) is 4.72 Å². The minimum atomic E-state index is -3.53. The van der Waals surface area contributed by atoms with Crippen molar-refractivity contribution in [3.63, 3.8) is 0 Å². The van der Waals surface area contributed by atoms with Gasteiger partial charge in [0.1, 0.15) is 0 Å². The van der Waals surface area contributed by atoms with Crippen LogP contribution in [0.2, 0.25) is 0 Å². The van der Waals surface area contributed by atoms with E-state index in [0.29, 0.717) is 17.5 Å². The van der Waals surface area contributed by atoms with Gasteiger partial charge in [-0.25, -0.2) is 13.1 Å². The molecule has 1 aromatic carbocycles. The highest BCUT2D eigenvalue weighted by Gasteiger charge is 2.17. The molecule has 0 aliphatic rings. The molecule has 0 aromatic heterocycles. The Balaban J connectivity index is 2.91. The lowest BCUT2D eigenvalue weighted by molar-refractivity contribution is 0.569.